The van der Waals surface area contributed by atoms with Crippen LogP contribution in [0.25, 0.3) is 0 Å². The van der Waals surface area contributed by atoms with Gasteiger partial charge in [-0.1, -0.05) is 34.9 Å². The van der Waals surface area contributed by atoms with Crippen molar-refractivity contribution in [3.63, 3.8) is 0 Å². The highest BCUT2D eigenvalue weighted by Crippen LogP contribution is 2.41. The zero-order valence-corrected chi connectivity index (χ0v) is 9.10. The second-order valence-electron chi connectivity index (χ2n) is 3.24. The first kappa shape index (κ1) is 8.82. The molecule has 1 saturated heterocycles. The van der Waals surface area contributed by atoms with Gasteiger partial charge in [-0.05, 0) is 4.38 Å². The van der Waals surface area contributed by atoms with Crippen molar-refractivity contribution in [3.8, 4) is 0 Å². The van der Waals surface area contributed by atoms with Gasteiger partial charge in [0.05, 0.1) is 0 Å². The summed E-state index contributed by atoms with van der Waals surface area (Å²) in [6.07, 6.45) is 0. The van der Waals surface area contributed by atoms with Crippen LogP contribution < -0.4 is 0 Å². The lowest BCUT2D eigenvalue weighted by Crippen LogP contribution is -2.18. The number of rotatable bonds is 0. The lowest BCUT2D eigenvalue weighted by atomic mass is 9.73. The molecule has 2 aliphatic heterocycles. The van der Waals surface area contributed by atoms with Gasteiger partial charge in [0, 0.05) is 23.9 Å². The number of allylic oxidation sites excluding steroid dienone is 2. The van der Waals surface area contributed by atoms with E-state index in [4.69, 9.17) is 0 Å². The van der Waals surface area contributed by atoms with Gasteiger partial charge in [-0.15, -0.1) is 0 Å². The van der Waals surface area contributed by atoms with E-state index in [1.807, 2.05) is 14.2 Å². The summed E-state index contributed by atoms with van der Waals surface area (Å²) in [5, 5.41) is 0. The van der Waals surface area contributed by atoms with Gasteiger partial charge in [0.2, 0.25) is 0 Å². The zero-order chi connectivity index (χ0) is 9.75. The number of likely N-dealkylation sites (N-methyl/N-ethyl adjacent to an activating group) is 1. The third-order valence-corrected chi connectivity index (χ3v) is 3.06. The fraction of sp³-hybridized carbons (Fsp3) is 0.222. The Labute approximate surface area is 86.4 Å². The number of hydrogen-bond donors (Lipinski definition) is 0. The maximum Gasteiger partial charge on any atom is 0.258 e. The first-order valence-electron chi connectivity index (χ1n) is 3.97. The number of hydrogen-bond acceptors (Lipinski definition) is 1. The Morgan fingerprint density at radius 1 is 1.46 bits per heavy atom. The van der Waals surface area contributed by atoms with Gasteiger partial charge in [0.1, 0.15) is 0 Å². The maximum absolute atomic E-state index is 11.7. The van der Waals surface area contributed by atoms with Crippen molar-refractivity contribution < 1.29 is 4.79 Å². The van der Waals surface area contributed by atoms with Crippen LogP contribution in [0, 0.1) is 0 Å². The minimum Gasteiger partial charge on any atom is -0.311 e. The Hall–Kier alpha value is -0.765. The molecule has 0 unspecified atom stereocenters. The van der Waals surface area contributed by atoms with E-state index in [0.29, 0.717) is 0 Å². The van der Waals surface area contributed by atoms with Gasteiger partial charge < -0.3 is 4.90 Å². The second-order valence-corrected chi connectivity index (χ2v) is 4.09. The molecule has 2 aliphatic rings. The summed E-state index contributed by atoms with van der Waals surface area (Å²) in [5.74, 6) is 0.0278. The molecular weight excluding hydrogens is 229 g/mol. The molecule has 2 heterocycles. The van der Waals surface area contributed by atoms with E-state index in [1.54, 1.807) is 11.9 Å². The first-order chi connectivity index (χ1) is 6.04. The second kappa shape index (κ2) is 2.61. The summed E-state index contributed by atoms with van der Waals surface area (Å²) < 4.78 is 0.871. The summed E-state index contributed by atoms with van der Waals surface area (Å²) in [5.41, 5.74) is 3.64. The molecule has 0 N–H and O–H groups in total. The third kappa shape index (κ3) is 0.982. The molecule has 0 aliphatic carbocycles. The van der Waals surface area contributed by atoms with Crippen molar-refractivity contribution in [1.82, 2.24) is 4.90 Å². The van der Waals surface area contributed by atoms with Crippen molar-refractivity contribution in [2.75, 3.05) is 7.05 Å². The maximum atomic E-state index is 11.7. The van der Waals surface area contributed by atoms with E-state index < -0.39 is 0 Å². The van der Waals surface area contributed by atoms with E-state index >= 15 is 0 Å². The highest BCUT2D eigenvalue weighted by atomic mass is 79.9. The highest BCUT2D eigenvalue weighted by molar-refractivity contribution is 9.12. The molecule has 0 spiro atoms. The quantitative estimate of drug-likeness (QED) is 0.585. The van der Waals surface area contributed by atoms with E-state index in [-0.39, 0.29) is 5.91 Å². The van der Waals surface area contributed by atoms with Crippen molar-refractivity contribution in [1.29, 1.82) is 0 Å². The molecule has 0 aromatic rings. The smallest absolute Gasteiger partial charge is 0.258 e. The van der Waals surface area contributed by atoms with Crippen molar-refractivity contribution in [2.45, 2.75) is 6.92 Å². The first-order valence-corrected chi connectivity index (χ1v) is 4.76. The Kier molecular flexibility index (Phi) is 1.77. The predicted molar refractivity (Wildman–Crippen MR) is 56.3 cm³/mol. The van der Waals surface area contributed by atoms with Gasteiger partial charge in [0.25, 0.3) is 5.91 Å². The molecule has 0 saturated carbocycles. The summed E-state index contributed by atoms with van der Waals surface area (Å²) in [6, 6.07) is 0. The minimum absolute atomic E-state index is 0.0278. The Morgan fingerprint density at radius 3 is 2.62 bits per heavy atom. The molecule has 2 nitrogen and oxygen atoms in total. The lowest BCUT2D eigenvalue weighted by molar-refractivity contribution is -0.122. The highest BCUT2D eigenvalue weighted by Gasteiger charge is 2.38. The normalized spacial score (nSPS) is 21.6. The standard InChI is InChI=1S/C9H8BBrNO/c1-4-6-5(2)12(3)9(13)7(6)8(11)10-4/h2H2,1,3H3. The van der Waals surface area contributed by atoms with Crippen LogP contribution in [0.5, 0.6) is 0 Å². The molecule has 13 heavy (non-hydrogen) atoms. The predicted octanol–water partition coefficient (Wildman–Crippen LogP) is 1.57. The molecule has 1 radical (unpaired) electrons. The molecule has 4 heteroatoms. The number of nitrogens with zero attached hydrogens (tertiary/aromatic N) is 1. The van der Waals surface area contributed by atoms with Gasteiger partial charge in [-0.2, -0.15) is 0 Å². The van der Waals surface area contributed by atoms with Gasteiger partial charge in [-0.25, -0.2) is 0 Å². The van der Waals surface area contributed by atoms with E-state index in [1.165, 1.54) is 0 Å². The van der Waals surface area contributed by atoms with Crippen LogP contribution in [0.4, 0.5) is 0 Å². The summed E-state index contributed by atoms with van der Waals surface area (Å²) >= 11 is 3.37. The molecule has 2 rings (SSSR count). The van der Waals surface area contributed by atoms with E-state index in [2.05, 4.69) is 22.5 Å². The monoisotopic (exact) mass is 236 g/mol. The molecule has 0 aromatic carbocycles. The molecule has 1 fully saturated rings. The van der Waals surface area contributed by atoms with Crippen LogP contribution in [0.1, 0.15) is 6.92 Å². The summed E-state index contributed by atoms with van der Waals surface area (Å²) in [6.45, 7) is 5.87. The Morgan fingerprint density at radius 2 is 2.08 bits per heavy atom. The number of halogens is 1. The molecule has 0 atom stereocenters. The average Bonchev–Trinajstić information content (AvgIpc) is 2.47. The number of likely N-dealkylation sites (tertiary alicyclic amines) is 1. The Balaban J connectivity index is 2.65. The van der Waals surface area contributed by atoms with Gasteiger partial charge >= 0.3 is 0 Å². The minimum atomic E-state index is 0.0278. The molecule has 1 amide bonds. The van der Waals surface area contributed by atoms with Gasteiger partial charge in [0.15, 0.2) is 7.28 Å². The SMILES string of the molecule is C=C1C2=C(C)[B]C(Br)=C2C(=O)N1C. The van der Waals surface area contributed by atoms with Crippen LogP contribution in [-0.4, -0.2) is 25.1 Å². The van der Waals surface area contributed by atoms with Crippen LogP contribution in [0.2, 0.25) is 0 Å². The molecule has 65 valence electrons. The largest absolute Gasteiger partial charge is 0.311 e. The fourth-order valence-corrected chi connectivity index (χ4v) is 2.40. The summed E-state index contributed by atoms with van der Waals surface area (Å²) in [7, 11) is 3.71. The summed E-state index contributed by atoms with van der Waals surface area (Å²) in [4.78, 5) is 13.3. The lowest BCUT2D eigenvalue weighted by Gasteiger charge is -2.09. The number of carbonyl (C=O) groups is 1. The van der Waals surface area contributed by atoms with Crippen LogP contribution >= 0.6 is 15.9 Å². The van der Waals surface area contributed by atoms with Crippen molar-refractivity contribution in [2.24, 2.45) is 0 Å². The van der Waals surface area contributed by atoms with E-state index in [9.17, 15) is 4.79 Å². The van der Waals surface area contributed by atoms with Gasteiger partial charge in [-0.3, -0.25) is 4.79 Å². The number of amides is 1. The topological polar surface area (TPSA) is 20.3 Å². The molecular formula is C9H8BBrNO. The van der Waals surface area contributed by atoms with Crippen molar-refractivity contribution >= 4 is 29.1 Å². The van der Waals surface area contributed by atoms with Crippen LogP contribution in [0.3, 0.4) is 0 Å². The number of fused-ring (bicyclic) bond motifs is 1. The molecule has 0 aromatic heterocycles. The fourth-order valence-electron chi connectivity index (χ4n) is 1.69. The molecule has 0 bridgehead atoms. The zero-order valence-electron chi connectivity index (χ0n) is 7.52. The van der Waals surface area contributed by atoms with Crippen LogP contribution in [-0.2, 0) is 4.79 Å². The number of carbonyl (C=O) groups excluding carboxylic acids is 1. The third-order valence-electron chi connectivity index (χ3n) is 2.44. The average molecular weight is 237 g/mol. The Bertz CT molecular complexity index is 358. The van der Waals surface area contributed by atoms with E-state index in [0.717, 1.165) is 26.7 Å². The van der Waals surface area contributed by atoms with Crippen molar-refractivity contribution in [3.05, 3.63) is 33.3 Å². The van der Waals surface area contributed by atoms with Crippen LogP contribution in [0.15, 0.2) is 33.3 Å².